The number of rotatable bonds is 3. The highest BCUT2D eigenvalue weighted by Gasteiger charge is 2.26. The molecule has 2 atom stereocenters. The zero-order valence-electron chi connectivity index (χ0n) is 6.87. The van der Waals surface area contributed by atoms with E-state index < -0.39 is 5.67 Å². The maximum absolute atomic E-state index is 13.2. The van der Waals surface area contributed by atoms with Crippen LogP contribution in [0.15, 0.2) is 0 Å². The Morgan fingerprint density at radius 1 is 1.44 bits per heavy atom. The van der Waals surface area contributed by atoms with E-state index >= 15 is 0 Å². The fourth-order valence-electron chi connectivity index (χ4n) is 0.774. The van der Waals surface area contributed by atoms with Crippen LogP contribution in [0.2, 0.25) is 0 Å². The molecule has 1 heteroatoms. The summed E-state index contributed by atoms with van der Waals surface area (Å²) in [6, 6.07) is 0. The molecule has 0 aliphatic heterocycles. The van der Waals surface area contributed by atoms with Crippen molar-refractivity contribution in [1.82, 2.24) is 0 Å². The smallest absolute Gasteiger partial charge is 0.110 e. The van der Waals surface area contributed by atoms with Gasteiger partial charge in [-0.1, -0.05) is 27.2 Å². The van der Waals surface area contributed by atoms with Crippen molar-refractivity contribution >= 4 is 0 Å². The first-order chi connectivity index (χ1) is 4.04. The molecule has 56 valence electrons. The van der Waals surface area contributed by atoms with E-state index in [2.05, 4.69) is 0 Å². The van der Waals surface area contributed by atoms with Gasteiger partial charge in [0, 0.05) is 0 Å². The van der Waals surface area contributed by atoms with Crippen LogP contribution >= 0.6 is 0 Å². The molecule has 0 N–H and O–H groups in total. The lowest BCUT2D eigenvalue weighted by atomic mass is 9.88. The summed E-state index contributed by atoms with van der Waals surface area (Å²) in [5, 5.41) is 0. The minimum atomic E-state index is -0.950. The van der Waals surface area contributed by atoms with Crippen molar-refractivity contribution < 1.29 is 4.39 Å². The van der Waals surface area contributed by atoms with Gasteiger partial charge in [0.05, 0.1) is 0 Å². The fourth-order valence-corrected chi connectivity index (χ4v) is 0.774. The van der Waals surface area contributed by atoms with Gasteiger partial charge in [-0.05, 0) is 19.3 Å². The van der Waals surface area contributed by atoms with Gasteiger partial charge in [-0.15, -0.1) is 0 Å². The van der Waals surface area contributed by atoms with E-state index in [0.717, 1.165) is 6.42 Å². The van der Waals surface area contributed by atoms with E-state index in [1.54, 1.807) is 6.92 Å². The number of hydrogen-bond donors (Lipinski definition) is 0. The summed E-state index contributed by atoms with van der Waals surface area (Å²) in [6.07, 6.45) is 1.56. The molecule has 0 saturated heterocycles. The van der Waals surface area contributed by atoms with E-state index in [1.807, 2.05) is 20.8 Å². The molecule has 9 heavy (non-hydrogen) atoms. The molecule has 0 aromatic carbocycles. The average molecular weight is 132 g/mol. The van der Waals surface area contributed by atoms with E-state index in [1.165, 1.54) is 0 Å². The third kappa shape index (κ3) is 2.33. The fraction of sp³-hybridized carbons (Fsp3) is 1.00. The first-order valence-corrected chi connectivity index (χ1v) is 3.73. The minimum Gasteiger partial charge on any atom is -0.244 e. The third-order valence-electron chi connectivity index (χ3n) is 2.33. The molecule has 0 saturated carbocycles. The second-order valence-corrected chi connectivity index (χ2v) is 2.94. The van der Waals surface area contributed by atoms with E-state index in [9.17, 15) is 4.39 Å². The molecular weight excluding hydrogens is 115 g/mol. The van der Waals surface area contributed by atoms with Crippen LogP contribution < -0.4 is 0 Å². The Hall–Kier alpha value is -0.0700. The highest BCUT2D eigenvalue weighted by atomic mass is 19.1. The van der Waals surface area contributed by atoms with Crippen LogP contribution in [-0.2, 0) is 0 Å². The zero-order valence-corrected chi connectivity index (χ0v) is 6.87. The molecule has 0 aliphatic carbocycles. The van der Waals surface area contributed by atoms with Crippen molar-refractivity contribution in [3.8, 4) is 0 Å². The van der Waals surface area contributed by atoms with Crippen molar-refractivity contribution in [3.05, 3.63) is 0 Å². The molecule has 2 unspecified atom stereocenters. The molecule has 0 bridgehead atoms. The first-order valence-electron chi connectivity index (χ1n) is 3.73. The van der Waals surface area contributed by atoms with Crippen molar-refractivity contribution in [1.29, 1.82) is 0 Å². The summed E-state index contributed by atoms with van der Waals surface area (Å²) in [6.45, 7) is 7.56. The Balaban J connectivity index is 3.80. The van der Waals surface area contributed by atoms with Crippen LogP contribution in [-0.4, -0.2) is 5.67 Å². The van der Waals surface area contributed by atoms with Gasteiger partial charge in [-0.3, -0.25) is 0 Å². The quantitative estimate of drug-likeness (QED) is 0.553. The van der Waals surface area contributed by atoms with Crippen LogP contribution in [0.1, 0.15) is 40.5 Å². The highest BCUT2D eigenvalue weighted by Crippen LogP contribution is 2.27. The van der Waals surface area contributed by atoms with E-state index in [4.69, 9.17) is 0 Å². The summed E-state index contributed by atoms with van der Waals surface area (Å²) in [5.74, 6) is 0.197. The molecule has 0 aromatic rings. The summed E-state index contributed by atoms with van der Waals surface area (Å²) in [7, 11) is 0. The SMILES string of the molecule is CCC(C)C(C)(F)CC. The topological polar surface area (TPSA) is 0 Å². The van der Waals surface area contributed by atoms with Crippen molar-refractivity contribution in [2.24, 2.45) is 5.92 Å². The molecule has 0 radical (unpaired) electrons. The number of halogens is 1. The van der Waals surface area contributed by atoms with Gasteiger partial charge < -0.3 is 0 Å². The number of hydrogen-bond acceptors (Lipinski definition) is 0. The summed E-state index contributed by atoms with van der Waals surface area (Å²) in [5.41, 5.74) is -0.950. The molecule has 0 rings (SSSR count). The molecule has 0 spiro atoms. The second kappa shape index (κ2) is 3.19. The normalized spacial score (nSPS) is 21.0. The highest BCUT2D eigenvalue weighted by molar-refractivity contribution is 4.76. The van der Waals surface area contributed by atoms with Crippen LogP contribution in [0.25, 0.3) is 0 Å². The Kier molecular flexibility index (Phi) is 3.16. The molecule has 0 fully saturated rings. The van der Waals surface area contributed by atoms with Crippen LogP contribution in [0, 0.1) is 5.92 Å². The predicted molar refractivity (Wildman–Crippen MR) is 39.3 cm³/mol. The van der Waals surface area contributed by atoms with Gasteiger partial charge in [0.2, 0.25) is 0 Å². The molecule has 0 aromatic heterocycles. The van der Waals surface area contributed by atoms with Gasteiger partial charge in [0.15, 0.2) is 0 Å². The predicted octanol–water partition coefficient (Wildman–Crippen LogP) is 3.17. The van der Waals surface area contributed by atoms with E-state index in [-0.39, 0.29) is 5.92 Å². The van der Waals surface area contributed by atoms with Gasteiger partial charge in [-0.2, -0.15) is 0 Å². The monoisotopic (exact) mass is 132 g/mol. The molecule has 0 heterocycles. The molecule has 0 aliphatic rings. The second-order valence-electron chi connectivity index (χ2n) is 2.94. The lowest BCUT2D eigenvalue weighted by molar-refractivity contribution is 0.105. The maximum atomic E-state index is 13.2. The van der Waals surface area contributed by atoms with Gasteiger partial charge in [0.1, 0.15) is 5.67 Å². The minimum absolute atomic E-state index is 0.197. The summed E-state index contributed by atoms with van der Waals surface area (Å²) >= 11 is 0. The van der Waals surface area contributed by atoms with Crippen molar-refractivity contribution in [2.75, 3.05) is 0 Å². The zero-order chi connectivity index (χ0) is 7.49. The van der Waals surface area contributed by atoms with Gasteiger partial charge in [-0.25, -0.2) is 4.39 Å². The van der Waals surface area contributed by atoms with Crippen LogP contribution in [0.4, 0.5) is 4.39 Å². The summed E-state index contributed by atoms with van der Waals surface area (Å²) < 4.78 is 13.2. The van der Waals surface area contributed by atoms with Crippen molar-refractivity contribution in [3.63, 3.8) is 0 Å². The number of alkyl halides is 1. The van der Waals surface area contributed by atoms with Gasteiger partial charge in [0.25, 0.3) is 0 Å². The standard InChI is InChI=1S/C8H17F/c1-5-7(3)8(4,9)6-2/h7H,5-6H2,1-4H3. The maximum Gasteiger partial charge on any atom is 0.110 e. The van der Waals surface area contributed by atoms with E-state index in [0.29, 0.717) is 6.42 Å². The Morgan fingerprint density at radius 2 is 1.89 bits per heavy atom. The lowest BCUT2D eigenvalue weighted by Gasteiger charge is -2.24. The molecule has 0 nitrogen and oxygen atoms in total. The van der Waals surface area contributed by atoms with Gasteiger partial charge >= 0.3 is 0 Å². The third-order valence-corrected chi connectivity index (χ3v) is 2.33. The Bertz CT molecular complexity index is 76.6. The average Bonchev–Trinajstić information content (AvgIpc) is 1.86. The first kappa shape index (κ1) is 8.93. The summed E-state index contributed by atoms with van der Waals surface area (Å²) in [4.78, 5) is 0. The van der Waals surface area contributed by atoms with Crippen LogP contribution in [0.5, 0.6) is 0 Å². The largest absolute Gasteiger partial charge is 0.244 e. The Morgan fingerprint density at radius 3 is 2.00 bits per heavy atom. The Labute approximate surface area is 57.5 Å². The lowest BCUT2D eigenvalue weighted by Crippen LogP contribution is -2.25. The molecule has 0 amide bonds. The van der Waals surface area contributed by atoms with Crippen molar-refractivity contribution in [2.45, 2.75) is 46.2 Å². The van der Waals surface area contributed by atoms with Crippen LogP contribution in [0.3, 0.4) is 0 Å². The molecular formula is C8H17F.